The summed E-state index contributed by atoms with van der Waals surface area (Å²) in [6.45, 7) is 5.40. The molecule has 0 aromatic heterocycles. The fraction of sp³-hybridized carbons (Fsp3) is 0.625. The summed E-state index contributed by atoms with van der Waals surface area (Å²) in [5.74, 6) is 0.917. The van der Waals surface area contributed by atoms with Crippen LogP contribution in [0.15, 0.2) is 22.7 Å². The number of nitrogens with one attached hydrogen (secondary N) is 1. The van der Waals surface area contributed by atoms with E-state index in [4.69, 9.17) is 4.74 Å². The van der Waals surface area contributed by atoms with Gasteiger partial charge in [0.15, 0.2) is 0 Å². The molecule has 108 valence electrons. The van der Waals surface area contributed by atoms with Gasteiger partial charge in [-0.25, -0.2) is 0 Å². The van der Waals surface area contributed by atoms with E-state index in [-0.39, 0.29) is 0 Å². The molecule has 0 bridgehead atoms. The maximum absolute atomic E-state index is 5.28. The maximum atomic E-state index is 5.28. The van der Waals surface area contributed by atoms with Gasteiger partial charge in [-0.15, -0.1) is 0 Å². The van der Waals surface area contributed by atoms with Crippen molar-refractivity contribution in [1.29, 1.82) is 0 Å². The molecule has 1 atom stereocenters. The molecule has 0 saturated heterocycles. The van der Waals surface area contributed by atoms with Crippen LogP contribution in [-0.2, 0) is 6.54 Å². The quantitative estimate of drug-likeness (QED) is 0.696. The summed E-state index contributed by atoms with van der Waals surface area (Å²) >= 11 is 3.61. The van der Waals surface area contributed by atoms with Crippen LogP contribution >= 0.6 is 15.9 Å². The molecule has 1 N–H and O–H groups in total. The van der Waals surface area contributed by atoms with Crippen molar-refractivity contribution in [3.63, 3.8) is 0 Å². The van der Waals surface area contributed by atoms with E-state index in [9.17, 15) is 0 Å². The first-order valence-corrected chi connectivity index (χ1v) is 8.06. The standard InChI is InChI=1S/C16H26BrNO/c1-4-6-8-14(7-5-2)18-12-13-11-15(19-3)9-10-16(13)17/h9-11,14,18H,4-8,12H2,1-3H3. The highest BCUT2D eigenvalue weighted by atomic mass is 79.9. The Morgan fingerprint density at radius 3 is 2.63 bits per heavy atom. The molecule has 1 unspecified atom stereocenters. The monoisotopic (exact) mass is 327 g/mol. The highest BCUT2D eigenvalue weighted by Crippen LogP contribution is 2.22. The van der Waals surface area contributed by atoms with Crippen molar-refractivity contribution in [2.75, 3.05) is 7.11 Å². The molecule has 19 heavy (non-hydrogen) atoms. The second kappa shape index (κ2) is 9.38. The van der Waals surface area contributed by atoms with E-state index in [0.717, 1.165) is 16.8 Å². The summed E-state index contributed by atoms with van der Waals surface area (Å²) in [6, 6.07) is 6.76. The van der Waals surface area contributed by atoms with Crippen molar-refractivity contribution < 1.29 is 4.74 Å². The van der Waals surface area contributed by atoms with Crippen LogP contribution in [0.1, 0.15) is 51.5 Å². The minimum Gasteiger partial charge on any atom is -0.497 e. The largest absolute Gasteiger partial charge is 0.497 e. The highest BCUT2D eigenvalue weighted by Gasteiger charge is 2.08. The molecule has 0 amide bonds. The molecule has 0 spiro atoms. The zero-order valence-electron chi connectivity index (χ0n) is 12.3. The molecule has 1 aromatic rings. The lowest BCUT2D eigenvalue weighted by atomic mass is 10.0. The molecule has 1 rings (SSSR count). The normalized spacial score (nSPS) is 12.4. The average molecular weight is 328 g/mol. The van der Waals surface area contributed by atoms with Crippen LogP contribution in [0.4, 0.5) is 0 Å². The maximum Gasteiger partial charge on any atom is 0.119 e. The van der Waals surface area contributed by atoms with Crippen LogP contribution in [-0.4, -0.2) is 13.2 Å². The second-order valence-electron chi connectivity index (χ2n) is 4.97. The number of hydrogen-bond acceptors (Lipinski definition) is 2. The van der Waals surface area contributed by atoms with Crippen molar-refractivity contribution >= 4 is 15.9 Å². The Hall–Kier alpha value is -0.540. The zero-order chi connectivity index (χ0) is 14.1. The van der Waals surface area contributed by atoms with E-state index in [1.165, 1.54) is 37.7 Å². The molecular weight excluding hydrogens is 302 g/mol. The number of rotatable bonds is 9. The predicted octanol–water partition coefficient (Wildman–Crippen LogP) is 4.91. The summed E-state index contributed by atoms with van der Waals surface area (Å²) in [5, 5.41) is 3.68. The summed E-state index contributed by atoms with van der Waals surface area (Å²) in [7, 11) is 1.71. The van der Waals surface area contributed by atoms with Gasteiger partial charge < -0.3 is 10.1 Å². The van der Waals surface area contributed by atoms with Crippen molar-refractivity contribution in [2.24, 2.45) is 0 Å². The summed E-state index contributed by atoms with van der Waals surface area (Å²) in [4.78, 5) is 0. The van der Waals surface area contributed by atoms with Gasteiger partial charge >= 0.3 is 0 Å². The molecule has 0 aliphatic heterocycles. The van der Waals surface area contributed by atoms with Gasteiger partial charge in [-0.05, 0) is 36.6 Å². The first-order valence-electron chi connectivity index (χ1n) is 7.27. The Bertz CT molecular complexity index is 368. The first kappa shape index (κ1) is 16.5. The number of ether oxygens (including phenoxy) is 1. The van der Waals surface area contributed by atoms with Gasteiger partial charge in [-0.3, -0.25) is 0 Å². The SMILES string of the molecule is CCCCC(CCC)NCc1cc(OC)ccc1Br. The smallest absolute Gasteiger partial charge is 0.119 e. The van der Waals surface area contributed by atoms with Gasteiger partial charge in [0.05, 0.1) is 7.11 Å². The lowest BCUT2D eigenvalue weighted by molar-refractivity contribution is 0.411. The average Bonchev–Trinajstić information content (AvgIpc) is 2.43. The van der Waals surface area contributed by atoms with Crippen molar-refractivity contribution in [1.82, 2.24) is 5.32 Å². The van der Waals surface area contributed by atoms with E-state index < -0.39 is 0 Å². The lowest BCUT2D eigenvalue weighted by Crippen LogP contribution is -2.28. The molecule has 0 radical (unpaired) electrons. The van der Waals surface area contributed by atoms with Crippen LogP contribution < -0.4 is 10.1 Å². The predicted molar refractivity (Wildman–Crippen MR) is 85.8 cm³/mol. The number of halogens is 1. The zero-order valence-corrected chi connectivity index (χ0v) is 13.9. The van der Waals surface area contributed by atoms with Gasteiger partial charge in [-0.1, -0.05) is 49.0 Å². The van der Waals surface area contributed by atoms with Gasteiger partial charge in [0, 0.05) is 17.1 Å². The third-order valence-corrected chi connectivity index (χ3v) is 4.15. The van der Waals surface area contributed by atoms with Crippen molar-refractivity contribution in [3.05, 3.63) is 28.2 Å². The second-order valence-corrected chi connectivity index (χ2v) is 5.82. The third kappa shape index (κ3) is 5.96. The van der Waals surface area contributed by atoms with Crippen molar-refractivity contribution in [3.8, 4) is 5.75 Å². The molecular formula is C16H26BrNO. The molecule has 0 aliphatic rings. The van der Waals surface area contributed by atoms with E-state index in [2.05, 4.69) is 47.2 Å². The summed E-state index contributed by atoms with van der Waals surface area (Å²) in [6.07, 6.45) is 6.33. The Kier molecular flexibility index (Phi) is 8.15. The number of methoxy groups -OCH3 is 1. The molecule has 0 fully saturated rings. The molecule has 2 nitrogen and oxygen atoms in total. The number of hydrogen-bond donors (Lipinski definition) is 1. The van der Waals surface area contributed by atoms with Crippen molar-refractivity contribution in [2.45, 2.75) is 58.5 Å². The molecule has 3 heteroatoms. The minimum atomic E-state index is 0.628. The molecule has 1 aromatic carbocycles. The van der Waals surface area contributed by atoms with E-state index in [1.807, 2.05) is 6.07 Å². The van der Waals surface area contributed by atoms with Crippen LogP contribution in [0, 0.1) is 0 Å². The molecule has 0 aliphatic carbocycles. The fourth-order valence-electron chi connectivity index (χ4n) is 2.22. The fourth-order valence-corrected chi connectivity index (χ4v) is 2.60. The van der Waals surface area contributed by atoms with Crippen LogP contribution in [0.5, 0.6) is 5.75 Å². The number of unbranched alkanes of at least 4 members (excludes halogenated alkanes) is 1. The van der Waals surface area contributed by atoms with Crippen LogP contribution in [0.25, 0.3) is 0 Å². The van der Waals surface area contributed by atoms with Gasteiger partial charge in [-0.2, -0.15) is 0 Å². The minimum absolute atomic E-state index is 0.628. The topological polar surface area (TPSA) is 21.3 Å². The Balaban J connectivity index is 2.57. The Morgan fingerprint density at radius 2 is 2.00 bits per heavy atom. The Labute approximate surface area is 126 Å². The van der Waals surface area contributed by atoms with Gasteiger partial charge in [0.25, 0.3) is 0 Å². The molecule has 0 saturated carbocycles. The van der Waals surface area contributed by atoms with Gasteiger partial charge in [0.2, 0.25) is 0 Å². The highest BCUT2D eigenvalue weighted by molar-refractivity contribution is 9.10. The molecule has 0 heterocycles. The lowest BCUT2D eigenvalue weighted by Gasteiger charge is -2.18. The van der Waals surface area contributed by atoms with E-state index in [0.29, 0.717) is 6.04 Å². The number of benzene rings is 1. The summed E-state index contributed by atoms with van der Waals surface area (Å²) < 4.78 is 6.43. The third-order valence-electron chi connectivity index (χ3n) is 3.38. The van der Waals surface area contributed by atoms with E-state index in [1.54, 1.807) is 7.11 Å². The van der Waals surface area contributed by atoms with E-state index >= 15 is 0 Å². The summed E-state index contributed by atoms with van der Waals surface area (Å²) in [5.41, 5.74) is 1.26. The van der Waals surface area contributed by atoms with Crippen LogP contribution in [0.3, 0.4) is 0 Å². The van der Waals surface area contributed by atoms with Gasteiger partial charge in [0.1, 0.15) is 5.75 Å². The first-order chi connectivity index (χ1) is 9.21. The Morgan fingerprint density at radius 1 is 1.21 bits per heavy atom. The van der Waals surface area contributed by atoms with Crippen LogP contribution in [0.2, 0.25) is 0 Å².